The van der Waals surface area contributed by atoms with Gasteiger partial charge in [0, 0.05) is 6.42 Å². The average molecular weight is 220 g/mol. The topological polar surface area (TPSA) is 17.1 Å². The number of carbonyl (C=O) groups is 1. The van der Waals surface area contributed by atoms with Gasteiger partial charge in [-0.25, -0.2) is 0 Å². The molecule has 0 bridgehead atoms. The molecule has 1 nitrogen and oxygen atoms in total. The molecule has 0 aromatic rings. The van der Waals surface area contributed by atoms with Gasteiger partial charge in [0.05, 0.1) is 5.41 Å². The molecule has 0 heterocycles. The molecule has 90 valence electrons. The van der Waals surface area contributed by atoms with Gasteiger partial charge in [-0.2, -0.15) is 0 Å². The number of hydrogen-bond acceptors (Lipinski definition) is 1. The molecule has 2 rings (SSSR count). The van der Waals surface area contributed by atoms with Crippen LogP contribution in [0.3, 0.4) is 0 Å². The standard InChI is InChI=1S/C15H24O/c1-13-12-15(13)11-9-7-5-3-2-4-6-8-10-14(15)16/h1-12H2/t15-/m0/s1. The van der Waals surface area contributed by atoms with Gasteiger partial charge in [0.15, 0.2) is 0 Å². The second-order valence-corrected chi connectivity index (χ2v) is 5.61. The fourth-order valence-electron chi connectivity index (χ4n) is 3.03. The van der Waals surface area contributed by atoms with E-state index in [9.17, 15) is 4.79 Å². The summed E-state index contributed by atoms with van der Waals surface area (Å²) in [6, 6.07) is 0. The van der Waals surface area contributed by atoms with Gasteiger partial charge in [0.25, 0.3) is 0 Å². The maximum atomic E-state index is 12.2. The highest BCUT2D eigenvalue weighted by Gasteiger charge is 2.51. The predicted octanol–water partition coefficient (Wildman–Crippen LogP) is 4.42. The van der Waals surface area contributed by atoms with Crippen LogP contribution in [0.15, 0.2) is 12.2 Å². The second-order valence-electron chi connectivity index (χ2n) is 5.61. The third kappa shape index (κ3) is 2.56. The molecule has 1 atom stereocenters. The number of rotatable bonds is 0. The Morgan fingerprint density at radius 2 is 1.38 bits per heavy atom. The van der Waals surface area contributed by atoms with Crippen molar-refractivity contribution in [3.05, 3.63) is 12.2 Å². The van der Waals surface area contributed by atoms with E-state index in [1.807, 2.05) is 0 Å². The van der Waals surface area contributed by atoms with Crippen LogP contribution in [0, 0.1) is 5.41 Å². The van der Waals surface area contributed by atoms with Gasteiger partial charge < -0.3 is 0 Å². The molecular formula is C15H24O. The van der Waals surface area contributed by atoms with Gasteiger partial charge in [-0.15, -0.1) is 0 Å². The Morgan fingerprint density at radius 1 is 0.875 bits per heavy atom. The zero-order valence-corrected chi connectivity index (χ0v) is 10.4. The van der Waals surface area contributed by atoms with Crippen molar-refractivity contribution in [2.24, 2.45) is 5.41 Å². The molecule has 0 aromatic heterocycles. The van der Waals surface area contributed by atoms with Crippen LogP contribution >= 0.6 is 0 Å². The Balaban J connectivity index is 1.91. The number of allylic oxidation sites excluding steroid dienone is 1. The number of Topliss-reactive ketones (excluding diaryl/α,β-unsaturated/α-hetero) is 1. The van der Waals surface area contributed by atoms with E-state index in [2.05, 4.69) is 6.58 Å². The van der Waals surface area contributed by atoms with Gasteiger partial charge in [0.1, 0.15) is 5.78 Å². The summed E-state index contributed by atoms with van der Waals surface area (Å²) < 4.78 is 0. The van der Waals surface area contributed by atoms with Crippen LogP contribution in [0.4, 0.5) is 0 Å². The quantitative estimate of drug-likeness (QED) is 0.552. The Bertz CT molecular complexity index is 279. The SMILES string of the molecule is C=C1C[C@@]12CCCCCCCCCCC2=O. The molecule has 0 aliphatic heterocycles. The van der Waals surface area contributed by atoms with Gasteiger partial charge in [-0.05, 0) is 19.3 Å². The molecule has 0 aromatic carbocycles. The Kier molecular flexibility index (Phi) is 3.83. The Hall–Kier alpha value is -0.590. The molecule has 2 fully saturated rings. The lowest BCUT2D eigenvalue weighted by molar-refractivity contribution is -0.124. The summed E-state index contributed by atoms with van der Waals surface area (Å²) in [5.41, 5.74) is 1.17. The molecule has 1 heteroatoms. The molecule has 16 heavy (non-hydrogen) atoms. The van der Waals surface area contributed by atoms with Crippen LogP contribution in [0.5, 0.6) is 0 Å². The maximum Gasteiger partial charge on any atom is 0.143 e. The molecule has 0 amide bonds. The number of ketones is 1. The Morgan fingerprint density at radius 3 is 1.94 bits per heavy atom. The molecule has 2 aliphatic carbocycles. The van der Waals surface area contributed by atoms with Gasteiger partial charge >= 0.3 is 0 Å². The van der Waals surface area contributed by atoms with Crippen molar-refractivity contribution in [2.45, 2.75) is 70.6 Å². The molecule has 0 N–H and O–H groups in total. The van der Waals surface area contributed by atoms with Crippen molar-refractivity contribution >= 4 is 5.78 Å². The molecule has 0 unspecified atom stereocenters. The second kappa shape index (κ2) is 5.16. The third-order valence-corrected chi connectivity index (χ3v) is 4.36. The van der Waals surface area contributed by atoms with Crippen molar-refractivity contribution in [3.8, 4) is 0 Å². The van der Waals surface area contributed by atoms with Crippen molar-refractivity contribution in [1.29, 1.82) is 0 Å². The minimum atomic E-state index is -0.0425. The highest BCUT2D eigenvalue weighted by atomic mass is 16.1. The molecular weight excluding hydrogens is 196 g/mol. The maximum absolute atomic E-state index is 12.2. The first kappa shape index (κ1) is 11.9. The largest absolute Gasteiger partial charge is 0.299 e. The van der Waals surface area contributed by atoms with Crippen LogP contribution in [-0.2, 0) is 4.79 Å². The van der Waals surface area contributed by atoms with Crippen LogP contribution in [0.2, 0.25) is 0 Å². The van der Waals surface area contributed by atoms with E-state index < -0.39 is 0 Å². The minimum Gasteiger partial charge on any atom is -0.299 e. The lowest BCUT2D eigenvalue weighted by Gasteiger charge is -2.14. The Labute approximate surface area is 99.3 Å². The summed E-state index contributed by atoms with van der Waals surface area (Å²) in [5, 5.41) is 0. The first-order valence-corrected chi connectivity index (χ1v) is 6.97. The lowest BCUT2D eigenvalue weighted by atomic mass is 9.88. The van der Waals surface area contributed by atoms with Crippen molar-refractivity contribution < 1.29 is 4.79 Å². The lowest BCUT2D eigenvalue weighted by Crippen LogP contribution is -2.16. The fraction of sp³-hybridized carbons (Fsp3) is 0.800. The van der Waals surface area contributed by atoms with Gasteiger partial charge in [-0.1, -0.05) is 57.1 Å². The fourth-order valence-corrected chi connectivity index (χ4v) is 3.03. The third-order valence-electron chi connectivity index (χ3n) is 4.36. The van der Waals surface area contributed by atoms with Crippen molar-refractivity contribution in [2.75, 3.05) is 0 Å². The minimum absolute atomic E-state index is 0.0425. The summed E-state index contributed by atoms with van der Waals surface area (Å²) in [4.78, 5) is 12.2. The van der Waals surface area contributed by atoms with E-state index in [1.54, 1.807) is 0 Å². The zero-order valence-electron chi connectivity index (χ0n) is 10.4. The molecule has 1 spiro atoms. The zero-order chi connectivity index (χ0) is 11.4. The van der Waals surface area contributed by atoms with E-state index in [0.717, 1.165) is 25.7 Å². The molecule has 2 aliphatic rings. The van der Waals surface area contributed by atoms with Crippen LogP contribution in [0.25, 0.3) is 0 Å². The molecule has 0 saturated heterocycles. The van der Waals surface area contributed by atoms with E-state index in [0.29, 0.717) is 5.78 Å². The number of carbonyl (C=O) groups excluding carboxylic acids is 1. The van der Waals surface area contributed by atoms with Crippen molar-refractivity contribution in [3.63, 3.8) is 0 Å². The highest BCUT2D eigenvalue weighted by Crippen LogP contribution is 2.56. The van der Waals surface area contributed by atoms with E-state index in [1.165, 1.54) is 50.5 Å². The van der Waals surface area contributed by atoms with E-state index >= 15 is 0 Å². The van der Waals surface area contributed by atoms with Gasteiger partial charge in [0.2, 0.25) is 0 Å². The smallest absolute Gasteiger partial charge is 0.143 e. The van der Waals surface area contributed by atoms with Crippen molar-refractivity contribution in [1.82, 2.24) is 0 Å². The predicted molar refractivity (Wildman–Crippen MR) is 67.4 cm³/mol. The average Bonchev–Trinajstić information content (AvgIpc) is 2.91. The van der Waals surface area contributed by atoms with Crippen LogP contribution in [-0.4, -0.2) is 5.78 Å². The first-order chi connectivity index (χ1) is 7.76. The summed E-state index contributed by atoms with van der Waals surface area (Å²) in [6.07, 6.45) is 13.2. The van der Waals surface area contributed by atoms with E-state index in [4.69, 9.17) is 0 Å². The van der Waals surface area contributed by atoms with Crippen LogP contribution in [0.1, 0.15) is 70.6 Å². The summed E-state index contributed by atoms with van der Waals surface area (Å²) in [7, 11) is 0. The van der Waals surface area contributed by atoms with Gasteiger partial charge in [-0.3, -0.25) is 4.79 Å². The van der Waals surface area contributed by atoms with E-state index in [-0.39, 0.29) is 5.41 Å². The summed E-state index contributed by atoms with van der Waals surface area (Å²) in [5.74, 6) is 0.498. The summed E-state index contributed by atoms with van der Waals surface area (Å²) in [6.45, 7) is 4.04. The summed E-state index contributed by atoms with van der Waals surface area (Å²) >= 11 is 0. The number of hydrogen-bond donors (Lipinski definition) is 0. The molecule has 2 saturated carbocycles. The highest BCUT2D eigenvalue weighted by molar-refractivity contribution is 5.92. The molecule has 0 radical (unpaired) electrons. The normalized spacial score (nSPS) is 33.2. The monoisotopic (exact) mass is 220 g/mol. The van der Waals surface area contributed by atoms with Crippen LogP contribution < -0.4 is 0 Å². The first-order valence-electron chi connectivity index (χ1n) is 6.97.